The summed E-state index contributed by atoms with van der Waals surface area (Å²) in [7, 11) is 0. The summed E-state index contributed by atoms with van der Waals surface area (Å²) in [5.41, 5.74) is 2.04. The van der Waals surface area contributed by atoms with Crippen molar-refractivity contribution in [3.05, 3.63) is 46.6 Å². The molecule has 1 aliphatic rings. The van der Waals surface area contributed by atoms with Crippen LogP contribution in [-0.2, 0) is 6.54 Å². The third kappa shape index (κ3) is 4.16. The van der Waals surface area contributed by atoms with Gasteiger partial charge >= 0.3 is 0 Å². The van der Waals surface area contributed by atoms with Crippen molar-refractivity contribution >= 4 is 23.4 Å². The molecule has 0 amide bonds. The summed E-state index contributed by atoms with van der Waals surface area (Å²) in [6.45, 7) is 10.0. The Bertz CT molecular complexity index is 683. The first-order chi connectivity index (χ1) is 11.7. The molecule has 24 heavy (non-hydrogen) atoms. The highest BCUT2D eigenvalue weighted by atomic mass is 35.5. The van der Waals surface area contributed by atoms with Gasteiger partial charge in [0.1, 0.15) is 5.82 Å². The van der Waals surface area contributed by atoms with E-state index in [1.165, 1.54) is 0 Å². The lowest BCUT2D eigenvalue weighted by Gasteiger charge is -2.34. The van der Waals surface area contributed by atoms with Crippen molar-refractivity contribution in [2.45, 2.75) is 20.4 Å². The molecule has 6 heteroatoms. The maximum atomic E-state index is 6.22. The summed E-state index contributed by atoms with van der Waals surface area (Å²) in [6, 6.07) is 9.83. The molecule has 0 unspecified atom stereocenters. The van der Waals surface area contributed by atoms with Gasteiger partial charge in [-0.25, -0.2) is 4.98 Å². The van der Waals surface area contributed by atoms with Crippen LogP contribution in [0, 0.1) is 6.92 Å². The molecule has 128 valence electrons. The molecule has 0 radical (unpaired) electrons. The summed E-state index contributed by atoms with van der Waals surface area (Å²) < 4.78 is 0. The molecular formula is C18H24ClN5. The van der Waals surface area contributed by atoms with Crippen molar-refractivity contribution in [2.24, 2.45) is 0 Å². The molecule has 0 spiro atoms. The van der Waals surface area contributed by atoms with Gasteiger partial charge in [-0.1, -0.05) is 36.7 Å². The van der Waals surface area contributed by atoms with E-state index < -0.39 is 0 Å². The minimum atomic E-state index is 0.652. The zero-order valence-corrected chi connectivity index (χ0v) is 15.1. The second kappa shape index (κ2) is 7.81. The van der Waals surface area contributed by atoms with E-state index in [9.17, 15) is 0 Å². The Morgan fingerprint density at radius 2 is 1.88 bits per heavy atom. The lowest BCUT2D eigenvalue weighted by Crippen LogP contribution is -2.46. The first-order valence-electron chi connectivity index (χ1n) is 8.46. The van der Waals surface area contributed by atoms with Gasteiger partial charge in [-0.2, -0.15) is 4.98 Å². The zero-order chi connectivity index (χ0) is 16.9. The number of aromatic nitrogens is 2. The third-order valence-electron chi connectivity index (χ3n) is 4.36. The molecule has 0 aliphatic carbocycles. The maximum Gasteiger partial charge on any atom is 0.227 e. The lowest BCUT2D eigenvalue weighted by atomic mass is 10.2. The van der Waals surface area contributed by atoms with Crippen molar-refractivity contribution in [2.75, 3.05) is 42.9 Å². The molecule has 2 heterocycles. The predicted molar refractivity (Wildman–Crippen MR) is 99.9 cm³/mol. The summed E-state index contributed by atoms with van der Waals surface area (Å²) >= 11 is 6.22. The van der Waals surface area contributed by atoms with E-state index in [0.717, 1.165) is 60.8 Å². The van der Waals surface area contributed by atoms with E-state index in [4.69, 9.17) is 16.6 Å². The first kappa shape index (κ1) is 17.0. The molecule has 0 atom stereocenters. The fraction of sp³-hybridized carbons (Fsp3) is 0.444. The number of likely N-dealkylation sites (N-methyl/N-ethyl adjacent to an activating group) is 1. The molecule has 0 bridgehead atoms. The number of nitrogens with one attached hydrogen (secondary N) is 1. The van der Waals surface area contributed by atoms with Gasteiger partial charge in [-0.3, -0.25) is 0 Å². The number of hydrogen-bond donors (Lipinski definition) is 1. The van der Waals surface area contributed by atoms with Gasteiger partial charge in [-0.05, 0) is 25.1 Å². The largest absolute Gasteiger partial charge is 0.366 e. The minimum Gasteiger partial charge on any atom is -0.366 e. The highest BCUT2D eigenvalue weighted by Gasteiger charge is 2.18. The molecule has 2 aromatic rings. The van der Waals surface area contributed by atoms with Crippen molar-refractivity contribution in [1.29, 1.82) is 0 Å². The Kier molecular flexibility index (Phi) is 5.53. The second-order valence-electron chi connectivity index (χ2n) is 6.06. The average molecular weight is 346 g/mol. The van der Waals surface area contributed by atoms with Crippen LogP contribution in [0.1, 0.15) is 18.2 Å². The molecular weight excluding hydrogens is 322 g/mol. The predicted octanol–water partition coefficient (Wildman–Crippen LogP) is 3.19. The molecule has 1 aliphatic heterocycles. The second-order valence-corrected chi connectivity index (χ2v) is 6.47. The van der Waals surface area contributed by atoms with E-state index in [-0.39, 0.29) is 0 Å². The van der Waals surface area contributed by atoms with E-state index in [2.05, 4.69) is 27.0 Å². The highest BCUT2D eigenvalue weighted by molar-refractivity contribution is 6.31. The van der Waals surface area contributed by atoms with Crippen molar-refractivity contribution in [3.8, 4) is 0 Å². The van der Waals surface area contributed by atoms with Gasteiger partial charge in [0.05, 0.1) is 0 Å². The number of anilines is 2. The first-order valence-corrected chi connectivity index (χ1v) is 8.84. The molecule has 1 aromatic carbocycles. The van der Waals surface area contributed by atoms with E-state index >= 15 is 0 Å². The fourth-order valence-electron chi connectivity index (χ4n) is 2.88. The molecule has 1 N–H and O–H groups in total. The van der Waals surface area contributed by atoms with Crippen molar-refractivity contribution in [1.82, 2.24) is 14.9 Å². The van der Waals surface area contributed by atoms with Crippen LogP contribution in [-0.4, -0.2) is 47.6 Å². The van der Waals surface area contributed by atoms with E-state index in [1.807, 2.05) is 37.3 Å². The summed E-state index contributed by atoms with van der Waals surface area (Å²) in [6.07, 6.45) is 0. The summed E-state index contributed by atoms with van der Waals surface area (Å²) in [5.74, 6) is 1.66. The molecule has 5 nitrogen and oxygen atoms in total. The van der Waals surface area contributed by atoms with Crippen LogP contribution in [0.5, 0.6) is 0 Å². The van der Waals surface area contributed by atoms with Crippen LogP contribution in [0.3, 0.4) is 0 Å². The summed E-state index contributed by atoms with van der Waals surface area (Å²) in [5, 5.41) is 4.14. The zero-order valence-electron chi connectivity index (χ0n) is 14.3. The average Bonchev–Trinajstić information content (AvgIpc) is 2.61. The number of hydrogen-bond acceptors (Lipinski definition) is 5. The quantitative estimate of drug-likeness (QED) is 0.901. The molecule has 1 fully saturated rings. The van der Waals surface area contributed by atoms with E-state index in [1.54, 1.807) is 0 Å². The number of halogens is 1. The SMILES string of the molecule is CCN1CCN(c2nc(C)cc(NCc3ccccc3Cl)n2)CC1. The van der Waals surface area contributed by atoms with Gasteiger partial charge in [0.15, 0.2) is 0 Å². The number of nitrogens with zero attached hydrogens (tertiary/aromatic N) is 4. The monoisotopic (exact) mass is 345 g/mol. The topological polar surface area (TPSA) is 44.3 Å². The Morgan fingerprint density at radius 1 is 1.12 bits per heavy atom. The Morgan fingerprint density at radius 3 is 2.58 bits per heavy atom. The molecule has 3 rings (SSSR count). The van der Waals surface area contributed by atoms with Gasteiger partial charge < -0.3 is 15.1 Å². The van der Waals surface area contributed by atoms with Crippen LogP contribution >= 0.6 is 11.6 Å². The normalized spacial score (nSPS) is 15.5. The number of piperazine rings is 1. The van der Waals surface area contributed by atoms with Crippen molar-refractivity contribution in [3.63, 3.8) is 0 Å². The maximum absolute atomic E-state index is 6.22. The molecule has 1 saturated heterocycles. The van der Waals surface area contributed by atoms with Gasteiger partial charge in [0, 0.05) is 49.5 Å². The van der Waals surface area contributed by atoms with Gasteiger partial charge in [-0.15, -0.1) is 0 Å². The van der Waals surface area contributed by atoms with Crippen LogP contribution in [0.2, 0.25) is 5.02 Å². The van der Waals surface area contributed by atoms with Gasteiger partial charge in [0.2, 0.25) is 5.95 Å². The van der Waals surface area contributed by atoms with Crippen molar-refractivity contribution < 1.29 is 0 Å². The van der Waals surface area contributed by atoms with E-state index in [0.29, 0.717) is 6.54 Å². The standard InChI is InChI=1S/C18H24ClN5/c1-3-23-8-10-24(11-9-23)18-21-14(2)12-17(22-18)20-13-15-6-4-5-7-16(15)19/h4-7,12H,3,8-11,13H2,1-2H3,(H,20,21,22). The summed E-state index contributed by atoms with van der Waals surface area (Å²) in [4.78, 5) is 14.0. The number of aryl methyl sites for hydroxylation is 1. The Hall–Kier alpha value is -1.85. The number of rotatable bonds is 5. The van der Waals surface area contributed by atoms with Gasteiger partial charge in [0.25, 0.3) is 0 Å². The highest BCUT2D eigenvalue weighted by Crippen LogP contribution is 2.19. The van der Waals surface area contributed by atoms with Crippen LogP contribution < -0.4 is 10.2 Å². The molecule has 1 aromatic heterocycles. The number of benzene rings is 1. The van der Waals surface area contributed by atoms with Crippen LogP contribution in [0.4, 0.5) is 11.8 Å². The minimum absolute atomic E-state index is 0.652. The Labute approximate surface area is 148 Å². The fourth-order valence-corrected chi connectivity index (χ4v) is 3.08. The third-order valence-corrected chi connectivity index (χ3v) is 4.73. The lowest BCUT2D eigenvalue weighted by molar-refractivity contribution is 0.270. The van der Waals surface area contributed by atoms with Crippen LogP contribution in [0.15, 0.2) is 30.3 Å². The molecule has 0 saturated carbocycles. The smallest absolute Gasteiger partial charge is 0.227 e. The Balaban J connectivity index is 1.69. The van der Waals surface area contributed by atoms with Crippen LogP contribution in [0.25, 0.3) is 0 Å².